The van der Waals surface area contributed by atoms with Crippen molar-refractivity contribution >= 4 is 23.5 Å². The Morgan fingerprint density at radius 2 is 1.61 bits per heavy atom. The number of rotatable bonds is 8. The van der Waals surface area contributed by atoms with Crippen LogP contribution in [0.3, 0.4) is 0 Å². The molecule has 1 amide bonds. The quantitative estimate of drug-likeness (QED) is 0.212. The summed E-state index contributed by atoms with van der Waals surface area (Å²) in [5.74, 6) is -1.50. The van der Waals surface area contributed by atoms with Gasteiger partial charge in [-0.15, -0.1) is 13.2 Å². The van der Waals surface area contributed by atoms with Crippen LogP contribution in [0.1, 0.15) is 99.5 Å². The van der Waals surface area contributed by atoms with Gasteiger partial charge in [-0.3, -0.25) is 9.69 Å². The number of ether oxygens (including phenoxy) is 3. The Morgan fingerprint density at radius 1 is 0.935 bits per heavy atom. The number of hydrogen-bond donors (Lipinski definition) is 0. The lowest BCUT2D eigenvalue weighted by Crippen LogP contribution is -2.46. The first-order chi connectivity index (χ1) is 21.6. The Bertz CT molecular complexity index is 1480. The van der Waals surface area contributed by atoms with Crippen molar-refractivity contribution in [3.05, 3.63) is 57.9 Å². The van der Waals surface area contributed by atoms with Gasteiger partial charge in [0.15, 0.2) is 0 Å². The molecule has 6 rings (SSSR count). The number of likely N-dealkylation sites (tertiary alicyclic amines) is 1. The molecule has 1 saturated carbocycles. The monoisotopic (exact) mass is 666 g/mol. The number of carbonyl (C=O) groups excluding carboxylic acids is 2. The molecule has 4 fully saturated rings. The third-order valence-corrected chi connectivity index (χ3v) is 9.46. The molecule has 3 heterocycles. The number of amides is 1. The average molecular weight is 667 g/mol. The first-order valence-electron chi connectivity index (χ1n) is 16.0. The van der Waals surface area contributed by atoms with Crippen LogP contribution in [0.2, 0.25) is 5.02 Å². The van der Waals surface area contributed by atoms with Gasteiger partial charge in [-0.05, 0) is 113 Å². The van der Waals surface area contributed by atoms with E-state index in [4.69, 9.17) is 21.1 Å². The van der Waals surface area contributed by atoms with E-state index in [1.807, 2.05) is 0 Å². The zero-order valence-electron chi connectivity index (χ0n) is 26.2. The molecule has 7 nitrogen and oxygen atoms in total. The van der Waals surface area contributed by atoms with Crippen LogP contribution >= 0.6 is 11.6 Å². The largest absolute Gasteiger partial charge is 0.573 e. The molecule has 46 heavy (non-hydrogen) atoms. The highest BCUT2D eigenvalue weighted by Gasteiger charge is 2.43. The zero-order valence-corrected chi connectivity index (χ0v) is 26.9. The Balaban J connectivity index is 1.15. The molecule has 1 aliphatic carbocycles. The highest BCUT2D eigenvalue weighted by Crippen LogP contribution is 2.45. The Labute approximate surface area is 271 Å². The van der Waals surface area contributed by atoms with Crippen molar-refractivity contribution in [3.63, 3.8) is 0 Å². The number of hydrogen-bond acceptors (Lipinski definition) is 6. The van der Waals surface area contributed by atoms with Crippen molar-refractivity contribution in [2.75, 3.05) is 6.54 Å². The van der Waals surface area contributed by atoms with Gasteiger partial charge in [0.1, 0.15) is 35.1 Å². The second-order valence-corrected chi connectivity index (χ2v) is 14.4. The number of piperidine rings is 1. The minimum absolute atomic E-state index is 0.00779. The van der Waals surface area contributed by atoms with Gasteiger partial charge in [0, 0.05) is 36.3 Å². The van der Waals surface area contributed by atoms with E-state index in [-0.39, 0.29) is 40.4 Å². The van der Waals surface area contributed by atoms with Crippen LogP contribution in [0, 0.1) is 5.82 Å². The zero-order chi connectivity index (χ0) is 33.0. The number of fused-ring (bicyclic) bond motifs is 2. The molecule has 250 valence electrons. The number of benzene rings is 2. The van der Waals surface area contributed by atoms with Gasteiger partial charge in [-0.1, -0.05) is 11.6 Å². The normalized spacial score (nSPS) is 25.1. The van der Waals surface area contributed by atoms with Crippen molar-refractivity contribution in [2.45, 2.75) is 121 Å². The van der Waals surface area contributed by atoms with Crippen molar-refractivity contribution < 1.29 is 41.4 Å². The molecule has 3 saturated heterocycles. The van der Waals surface area contributed by atoms with Crippen LogP contribution in [-0.4, -0.2) is 64.4 Å². The Morgan fingerprint density at radius 3 is 2.24 bits per heavy atom. The fourth-order valence-corrected chi connectivity index (χ4v) is 7.47. The lowest BCUT2D eigenvalue weighted by Gasteiger charge is -2.39. The fourth-order valence-electron chi connectivity index (χ4n) is 7.25. The van der Waals surface area contributed by atoms with Crippen LogP contribution in [0.15, 0.2) is 30.3 Å². The molecule has 2 bridgehead atoms. The summed E-state index contributed by atoms with van der Waals surface area (Å²) in [6.45, 7) is 6.24. The maximum atomic E-state index is 15.8. The fraction of sp³-hybridized carbons (Fsp3) is 0.588. The Hall–Kier alpha value is -3.05. The molecular formula is C34H39ClF4N2O5. The van der Waals surface area contributed by atoms with Gasteiger partial charge < -0.3 is 19.1 Å². The van der Waals surface area contributed by atoms with Crippen molar-refractivity contribution in [1.29, 1.82) is 0 Å². The first kappa shape index (κ1) is 32.9. The molecule has 0 radical (unpaired) electrons. The van der Waals surface area contributed by atoms with Crippen LogP contribution < -0.4 is 9.47 Å². The molecule has 3 atom stereocenters. The lowest BCUT2D eigenvalue weighted by atomic mass is 9.95. The van der Waals surface area contributed by atoms with Gasteiger partial charge in [-0.25, -0.2) is 9.18 Å². The highest BCUT2D eigenvalue weighted by atomic mass is 35.5. The van der Waals surface area contributed by atoms with Crippen LogP contribution in [0.5, 0.6) is 11.5 Å². The van der Waals surface area contributed by atoms with E-state index >= 15 is 4.39 Å². The number of carbonyl (C=O) groups is 2. The SMILES string of the molecule is CC(C)(C)OC(=O)C1CCCN1C(=O)c1cc(C2CC2)c(CN2C3CCC2CC(Oc2cc(Cl)cc(OC(F)(F)F)c2)C3)cc1F. The third kappa shape index (κ3) is 7.56. The van der Waals surface area contributed by atoms with Crippen molar-refractivity contribution in [3.8, 4) is 11.5 Å². The lowest BCUT2D eigenvalue weighted by molar-refractivity contribution is -0.274. The summed E-state index contributed by atoms with van der Waals surface area (Å²) in [7, 11) is 0. The van der Waals surface area contributed by atoms with Gasteiger partial charge in [-0.2, -0.15) is 0 Å². The second kappa shape index (κ2) is 12.5. The third-order valence-electron chi connectivity index (χ3n) is 9.24. The molecule has 0 spiro atoms. The molecular weight excluding hydrogens is 628 g/mol. The van der Waals surface area contributed by atoms with E-state index in [0.717, 1.165) is 42.9 Å². The summed E-state index contributed by atoms with van der Waals surface area (Å²) in [6, 6.07) is 6.54. The molecule has 3 unspecified atom stereocenters. The van der Waals surface area contributed by atoms with Gasteiger partial charge in [0.05, 0.1) is 5.56 Å². The topological polar surface area (TPSA) is 68.3 Å². The molecule has 3 aliphatic heterocycles. The van der Waals surface area contributed by atoms with E-state index in [1.54, 1.807) is 26.8 Å². The molecule has 12 heteroatoms. The summed E-state index contributed by atoms with van der Waals surface area (Å²) < 4.78 is 69.7. The summed E-state index contributed by atoms with van der Waals surface area (Å²) in [4.78, 5) is 30.3. The Kier molecular flexibility index (Phi) is 8.95. The van der Waals surface area contributed by atoms with Crippen LogP contribution in [0.25, 0.3) is 0 Å². The smallest absolute Gasteiger partial charge is 0.490 e. The van der Waals surface area contributed by atoms with Gasteiger partial charge >= 0.3 is 12.3 Å². The second-order valence-electron chi connectivity index (χ2n) is 13.9. The van der Waals surface area contributed by atoms with Crippen LogP contribution in [0.4, 0.5) is 17.6 Å². The molecule has 4 aliphatic rings. The van der Waals surface area contributed by atoms with E-state index in [9.17, 15) is 22.8 Å². The number of halogens is 5. The highest BCUT2D eigenvalue weighted by molar-refractivity contribution is 6.30. The maximum absolute atomic E-state index is 15.8. The van der Waals surface area contributed by atoms with E-state index in [2.05, 4.69) is 9.64 Å². The maximum Gasteiger partial charge on any atom is 0.573 e. The minimum atomic E-state index is -4.84. The van der Waals surface area contributed by atoms with Gasteiger partial charge in [0.25, 0.3) is 5.91 Å². The standard InChI is InChI=1S/C34H39ClF4N2O5/c1-33(2,3)46-32(43)30-5-4-10-40(30)31(42)28-17-27(19-6-7-19)20(11-29(28)36)18-41-22-8-9-23(41)15-25(14-22)44-24-12-21(35)13-26(16-24)45-34(37,38)39/h11-13,16-17,19,22-23,25,30H,4-10,14-15,18H2,1-3H3. The number of esters is 1. The van der Waals surface area contributed by atoms with E-state index < -0.39 is 41.4 Å². The van der Waals surface area contributed by atoms with Gasteiger partial charge in [0.2, 0.25) is 0 Å². The summed E-state index contributed by atoms with van der Waals surface area (Å²) in [5, 5.41) is 0.0822. The van der Waals surface area contributed by atoms with E-state index in [0.29, 0.717) is 38.8 Å². The van der Waals surface area contributed by atoms with E-state index in [1.165, 1.54) is 23.1 Å². The summed E-state index contributed by atoms with van der Waals surface area (Å²) in [6.07, 6.45) is 1.21. The summed E-state index contributed by atoms with van der Waals surface area (Å²) in [5.41, 5.74) is 1.14. The molecule has 0 aromatic heterocycles. The predicted molar refractivity (Wildman–Crippen MR) is 162 cm³/mol. The molecule has 2 aromatic rings. The van der Waals surface area contributed by atoms with Crippen LogP contribution in [-0.2, 0) is 16.1 Å². The number of nitrogens with zero attached hydrogens (tertiary/aromatic N) is 2. The van der Waals surface area contributed by atoms with Crippen molar-refractivity contribution in [2.24, 2.45) is 0 Å². The molecule has 2 aromatic carbocycles. The summed E-state index contributed by atoms with van der Waals surface area (Å²) >= 11 is 6.04. The first-order valence-corrected chi connectivity index (χ1v) is 16.4. The molecule has 0 N–H and O–H groups in total. The minimum Gasteiger partial charge on any atom is -0.490 e. The predicted octanol–water partition coefficient (Wildman–Crippen LogP) is 7.78. The van der Waals surface area contributed by atoms with Crippen molar-refractivity contribution in [1.82, 2.24) is 9.80 Å². The average Bonchev–Trinajstić information content (AvgIpc) is 3.59. The number of alkyl halides is 3.